The number of nitrogens with zero attached hydrogens (tertiary/aromatic N) is 2. The van der Waals surface area contributed by atoms with Crippen LogP contribution in [0, 0.1) is 6.92 Å². The Balaban J connectivity index is 1.68. The lowest BCUT2D eigenvalue weighted by molar-refractivity contribution is -0.127. The number of hydrogen-bond acceptors (Lipinski definition) is 3. The molecule has 1 amide bonds. The van der Waals surface area contributed by atoms with Crippen molar-refractivity contribution >= 4 is 5.91 Å². The molecule has 1 atom stereocenters. The SMILES string of the molecule is Cc1nccn1-c1ccccc1CNC(=O)[C@@H](C)Oc1ccccc1C(C)C. The van der Waals surface area contributed by atoms with Gasteiger partial charge in [-0.1, -0.05) is 50.2 Å². The summed E-state index contributed by atoms with van der Waals surface area (Å²) in [6.45, 7) is 8.38. The van der Waals surface area contributed by atoms with Gasteiger partial charge in [0.1, 0.15) is 11.6 Å². The third kappa shape index (κ3) is 4.42. The molecule has 0 aliphatic carbocycles. The molecule has 1 heterocycles. The second kappa shape index (κ2) is 8.74. The number of benzene rings is 2. The van der Waals surface area contributed by atoms with Gasteiger partial charge < -0.3 is 14.6 Å². The summed E-state index contributed by atoms with van der Waals surface area (Å²) < 4.78 is 7.97. The predicted octanol–water partition coefficient (Wildman–Crippen LogP) is 4.39. The first-order valence-electron chi connectivity index (χ1n) is 9.59. The molecule has 1 aromatic heterocycles. The molecule has 28 heavy (non-hydrogen) atoms. The second-order valence-electron chi connectivity index (χ2n) is 7.14. The summed E-state index contributed by atoms with van der Waals surface area (Å²) in [6, 6.07) is 15.8. The number of amides is 1. The van der Waals surface area contributed by atoms with E-state index in [1.165, 1.54) is 0 Å². The van der Waals surface area contributed by atoms with Crippen LogP contribution in [0.15, 0.2) is 60.9 Å². The fourth-order valence-electron chi connectivity index (χ4n) is 3.16. The Bertz CT molecular complexity index is 946. The average Bonchev–Trinajstić information content (AvgIpc) is 3.12. The zero-order valence-corrected chi connectivity index (χ0v) is 16.8. The van der Waals surface area contributed by atoms with Crippen LogP contribution in [0.1, 0.15) is 43.6 Å². The van der Waals surface area contributed by atoms with E-state index >= 15 is 0 Å². The number of aromatic nitrogens is 2. The fraction of sp³-hybridized carbons (Fsp3) is 0.304. The van der Waals surface area contributed by atoms with Crippen LogP contribution in [0.5, 0.6) is 5.75 Å². The number of ether oxygens (including phenoxy) is 1. The summed E-state index contributed by atoms with van der Waals surface area (Å²) in [5, 5.41) is 2.99. The van der Waals surface area contributed by atoms with Gasteiger partial charge in [-0.3, -0.25) is 4.79 Å². The average molecular weight is 377 g/mol. The summed E-state index contributed by atoms with van der Waals surface area (Å²) in [7, 11) is 0. The first-order valence-corrected chi connectivity index (χ1v) is 9.59. The van der Waals surface area contributed by atoms with E-state index in [4.69, 9.17) is 4.74 Å². The maximum absolute atomic E-state index is 12.6. The quantitative estimate of drug-likeness (QED) is 0.664. The maximum Gasteiger partial charge on any atom is 0.261 e. The normalized spacial score (nSPS) is 12.0. The molecule has 0 fully saturated rings. The zero-order valence-electron chi connectivity index (χ0n) is 16.8. The fourth-order valence-corrected chi connectivity index (χ4v) is 3.16. The lowest BCUT2D eigenvalue weighted by Crippen LogP contribution is -2.36. The molecular weight excluding hydrogens is 350 g/mol. The van der Waals surface area contributed by atoms with Gasteiger partial charge in [0.25, 0.3) is 5.91 Å². The summed E-state index contributed by atoms with van der Waals surface area (Å²) in [4.78, 5) is 16.9. The van der Waals surface area contributed by atoms with Gasteiger partial charge >= 0.3 is 0 Å². The molecule has 0 unspecified atom stereocenters. The second-order valence-corrected chi connectivity index (χ2v) is 7.14. The van der Waals surface area contributed by atoms with Crippen LogP contribution in [-0.4, -0.2) is 21.6 Å². The molecule has 0 saturated heterocycles. The molecule has 0 radical (unpaired) electrons. The first kappa shape index (κ1) is 19.7. The van der Waals surface area contributed by atoms with Gasteiger partial charge in [-0.2, -0.15) is 0 Å². The molecule has 5 heteroatoms. The van der Waals surface area contributed by atoms with Crippen molar-refractivity contribution in [3.63, 3.8) is 0 Å². The molecule has 0 aliphatic heterocycles. The van der Waals surface area contributed by atoms with Crippen LogP contribution in [0.25, 0.3) is 5.69 Å². The van der Waals surface area contributed by atoms with Gasteiger partial charge in [-0.05, 0) is 43.0 Å². The molecule has 1 N–H and O–H groups in total. The summed E-state index contributed by atoms with van der Waals surface area (Å²) in [6.07, 6.45) is 3.11. The molecule has 3 aromatic rings. The molecule has 0 saturated carbocycles. The van der Waals surface area contributed by atoms with Gasteiger partial charge in [0.15, 0.2) is 6.10 Å². The summed E-state index contributed by atoms with van der Waals surface area (Å²) in [5.41, 5.74) is 3.13. The van der Waals surface area contributed by atoms with Crippen molar-refractivity contribution in [3.8, 4) is 11.4 Å². The Labute approximate surface area is 166 Å². The molecule has 0 bridgehead atoms. The van der Waals surface area contributed by atoms with Crippen molar-refractivity contribution in [1.29, 1.82) is 0 Å². The molecule has 3 rings (SSSR count). The lowest BCUT2D eigenvalue weighted by atomic mass is 10.0. The van der Waals surface area contributed by atoms with Crippen LogP contribution in [-0.2, 0) is 11.3 Å². The summed E-state index contributed by atoms with van der Waals surface area (Å²) in [5.74, 6) is 1.85. The number of imidazole rings is 1. The van der Waals surface area contributed by atoms with E-state index in [-0.39, 0.29) is 5.91 Å². The number of para-hydroxylation sites is 2. The van der Waals surface area contributed by atoms with Crippen molar-refractivity contribution in [1.82, 2.24) is 14.9 Å². The lowest BCUT2D eigenvalue weighted by Gasteiger charge is -2.19. The highest BCUT2D eigenvalue weighted by Crippen LogP contribution is 2.26. The topological polar surface area (TPSA) is 56.2 Å². The van der Waals surface area contributed by atoms with Crippen molar-refractivity contribution in [2.75, 3.05) is 0 Å². The molecule has 0 aliphatic rings. The van der Waals surface area contributed by atoms with Crippen LogP contribution < -0.4 is 10.1 Å². The molecule has 0 spiro atoms. The zero-order chi connectivity index (χ0) is 20.1. The van der Waals surface area contributed by atoms with E-state index in [1.54, 1.807) is 13.1 Å². The first-order chi connectivity index (χ1) is 13.5. The number of carbonyl (C=O) groups is 1. The molecular formula is C23H27N3O2. The van der Waals surface area contributed by atoms with Gasteiger partial charge in [-0.15, -0.1) is 0 Å². The number of nitrogens with one attached hydrogen (secondary N) is 1. The van der Waals surface area contributed by atoms with E-state index in [0.29, 0.717) is 12.5 Å². The van der Waals surface area contributed by atoms with Crippen molar-refractivity contribution in [2.24, 2.45) is 0 Å². The van der Waals surface area contributed by atoms with Crippen LogP contribution in [0.3, 0.4) is 0 Å². The minimum Gasteiger partial charge on any atom is -0.481 e. The van der Waals surface area contributed by atoms with Crippen molar-refractivity contribution in [3.05, 3.63) is 77.9 Å². The highest BCUT2D eigenvalue weighted by Gasteiger charge is 2.17. The number of hydrogen-bond donors (Lipinski definition) is 1. The third-order valence-corrected chi connectivity index (χ3v) is 4.74. The summed E-state index contributed by atoms with van der Waals surface area (Å²) >= 11 is 0. The van der Waals surface area contributed by atoms with E-state index in [2.05, 4.69) is 24.1 Å². The van der Waals surface area contributed by atoms with Gasteiger partial charge in [0.2, 0.25) is 0 Å². The Kier molecular flexibility index (Phi) is 6.14. The van der Waals surface area contributed by atoms with Crippen molar-refractivity contribution in [2.45, 2.75) is 46.3 Å². The Hall–Kier alpha value is -3.08. The highest BCUT2D eigenvalue weighted by atomic mass is 16.5. The number of rotatable bonds is 7. The standard InChI is InChI=1S/C23H27N3O2/c1-16(2)20-10-6-8-12-22(20)28-17(3)23(27)25-15-19-9-5-7-11-21(19)26-14-13-24-18(26)4/h5-14,16-17H,15H2,1-4H3,(H,25,27)/t17-/m1/s1. The smallest absolute Gasteiger partial charge is 0.261 e. The van der Waals surface area contributed by atoms with E-state index in [9.17, 15) is 4.79 Å². The van der Waals surface area contributed by atoms with Gasteiger partial charge in [-0.25, -0.2) is 4.98 Å². The maximum atomic E-state index is 12.6. The van der Waals surface area contributed by atoms with Gasteiger partial charge in [0, 0.05) is 18.9 Å². The van der Waals surface area contributed by atoms with Gasteiger partial charge in [0.05, 0.1) is 5.69 Å². The molecule has 146 valence electrons. The monoisotopic (exact) mass is 377 g/mol. The minimum absolute atomic E-state index is 0.143. The third-order valence-electron chi connectivity index (χ3n) is 4.74. The Morgan fingerprint density at radius 3 is 2.54 bits per heavy atom. The molecule has 5 nitrogen and oxygen atoms in total. The van der Waals surface area contributed by atoms with Crippen LogP contribution in [0.2, 0.25) is 0 Å². The largest absolute Gasteiger partial charge is 0.481 e. The minimum atomic E-state index is -0.581. The Morgan fingerprint density at radius 2 is 1.82 bits per heavy atom. The number of carbonyl (C=O) groups excluding carboxylic acids is 1. The Morgan fingerprint density at radius 1 is 1.11 bits per heavy atom. The molecule has 2 aromatic carbocycles. The van der Waals surface area contributed by atoms with Crippen LogP contribution >= 0.6 is 0 Å². The van der Waals surface area contributed by atoms with E-state index < -0.39 is 6.10 Å². The van der Waals surface area contributed by atoms with E-state index in [0.717, 1.165) is 28.4 Å². The highest BCUT2D eigenvalue weighted by molar-refractivity contribution is 5.80. The van der Waals surface area contributed by atoms with Crippen molar-refractivity contribution < 1.29 is 9.53 Å². The number of aryl methyl sites for hydroxylation is 1. The van der Waals surface area contributed by atoms with Crippen LogP contribution in [0.4, 0.5) is 0 Å². The van der Waals surface area contributed by atoms with E-state index in [1.807, 2.05) is 66.2 Å². The predicted molar refractivity (Wildman–Crippen MR) is 111 cm³/mol.